The topological polar surface area (TPSA) is 86.6 Å². The molecule has 0 atom stereocenters. The Morgan fingerprint density at radius 3 is 2.58 bits per heavy atom. The number of carbonyl (C=O) groups excluding carboxylic acids is 1. The van der Waals surface area contributed by atoms with E-state index < -0.39 is 11.4 Å². The Bertz CT molecular complexity index is 494. The summed E-state index contributed by atoms with van der Waals surface area (Å²) in [6, 6.07) is 6.48. The molecule has 1 amide bonds. The maximum atomic E-state index is 11.7. The first-order valence-electron chi connectivity index (χ1n) is 6.30. The number of aromatic hydroxyl groups is 1. The predicted octanol–water partition coefficient (Wildman–Crippen LogP) is 1.31. The van der Waals surface area contributed by atoms with Crippen LogP contribution in [0.2, 0.25) is 0 Å². The fourth-order valence-corrected chi connectivity index (χ4v) is 2.25. The molecule has 102 valence electrons. The summed E-state index contributed by atoms with van der Waals surface area (Å²) in [5, 5.41) is 21.1. The number of nitrogens with one attached hydrogen (secondary N) is 1. The van der Waals surface area contributed by atoms with E-state index in [-0.39, 0.29) is 24.6 Å². The molecule has 2 rings (SSSR count). The van der Waals surface area contributed by atoms with Gasteiger partial charge in [-0.3, -0.25) is 9.59 Å². The lowest BCUT2D eigenvalue weighted by Crippen LogP contribution is -2.47. The van der Waals surface area contributed by atoms with Crippen molar-refractivity contribution < 1.29 is 19.8 Å². The molecule has 1 saturated carbocycles. The number of rotatable bonds is 5. The summed E-state index contributed by atoms with van der Waals surface area (Å²) in [4.78, 5) is 22.9. The molecule has 1 fully saturated rings. The first-order chi connectivity index (χ1) is 9.02. The third-order valence-electron chi connectivity index (χ3n) is 3.66. The number of carboxylic acids is 1. The Morgan fingerprint density at radius 2 is 2.05 bits per heavy atom. The van der Waals surface area contributed by atoms with Crippen molar-refractivity contribution in [3.63, 3.8) is 0 Å². The zero-order valence-electron chi connectivity index (χ0n) is 10.6. The minimum atomic E-state index is -0.837. The van der Waals surface area contributed by atoms with Gasteiger partial charge in [-0.2, -0.15) is 0 Å². The second-order valence-corrected chi connectivity index (χ2v) is 5.06. The molecule has 1 aromatic rings. The molecular weight excluding hydrogens is 246 g/mol. The summed E-state index contributed by atoms with van der Waals surface area (Å²) < 4.78 is 0. The van der Waals surface area contributed by atoms with Crippen LogP contribution in [0.4, 0.5) is 0 Å². The summed E-state index contributed by atoms with van der Waals surface area (Å²) in [5.74, 6) is -0.944. The molecule has 0 heterocycles. The second-order valence-electron chi connectivity index (χ2n) is 5.06. The van der Waals surface area contributed by atoms with Gasteiger partial charge < -0.3 is 15.5 Å². The van der Waals surface area contributed by atoms with E-state index in [4.69, 9.17) is 5.11 Å². The van der Waals surface area contributed by atoms with Gasteiger partial charge in [-0.25, -0.2) is 0 Å². The summed E-state index contributed by atoms with van der Waals surface area (Å²) in [6.07, 6.45) is 2.28. The summed E-state index contributed by atoms with van der Waals surface area (Å²) in [6.45, 7) is 0.181. The maximum absolute atomic E-state index is 11.7. The van der Waals surface area contributed by atoms with Crippen molar-refractivity contribution in [3.8, 4) is 5.75 Å². The zero-order chi connectivity index (χ0) is 13.9. The Morgan fingerprint density at radius 1 is 1.32 bits per heavy atom. The number of phenols is 1. The van der Waals surface area contributed by atoms with Crippen LogP contribution in [0.25, 0.3) is 0 Å². The SMILES string of the molecule is O=C(Cc1cccc(O)c1)NCC1(C(=O)O)CCC1. The minimum Gasteiger partial charge on any atom is -0.508 e. The van der Waals surface area contributed by atoms with E-state index in [0.717, 1.165) is 6.42 Å². The molecule has 1 aromatic carbocycles. The van der Waals surface area contributed by atoms with Crippen LogP contribution in [0.5, 0.6) is 5.75 Å². The smallest absolute Gasteiger partial charge is 0.311 e. The summed E-state index contributed by atoms with van der Waals surface area (Å²) >= 11 is 0. The lowest BCUT2D eigenvalue weighted by molar-refractivity contribution is -0.154. The van der Waals surface area contributed by atoms with Crippen molar-refractivity contribution in [3.05, 3.63) is 29.8 Å². The average Bonchev–Trinajstić information content (AvgIpc) is 2.26. The van der Waals surface area contributed by atoms with E-state index in [2.05, 4.69) is 5.32 Å². The number of carboxylic acid groups (broad SMARTS) is 1. The Hall–Kier alpha value is -2.04. The lowest BCUT2D eigenvalue weighted by atomic mass is 9.69. The standard InChI is InChI=1S/C14H17NO4/c16-11-4-1-3-10(7-11)8-12(17)15-9-14(13(18)19)5-2-6-14/h1,3-4,7,16H,2,5-6,8-9H2,(H,15,17)(H,18,19). The molecule has 1 aliphatic rings. The fourth-order valence-electron chi connectivity index (χ4n) is 2.25. The molecule has 0 spiro atoms. The van der Waals surface area contributed by atoms with E-state index in [0.29, 0.717) is 18.4 Å². The number of aliphatic carboxylic acids is 1. The van der Waals surface area contributed by atoms with Crippen LogP contribution >= 0.6 is 0 Å². The molecular formula is C14H17NO4. The Labute approximate surface area is 111 Å². The van der Waals surface area contributed by atoms with Gasteiger partial charge >= 0.3 is 5.97 Å². The van der Waals surface area contributed by atoms with E-state index in [9.17, 15) is 14.7 Å². The van der Waals surface area contributed by atoms with Gasteiger partial charge in [0.05, 0.1) is 11.8 Å². The highest BCUT2D eigenvalue weighted by atomic mass is 16.4. The van der Waals surface area contributed by atoms with Crippen LogP contribution in [0, 0.1) is 5.41 Å². The average molecular weight is 263 g/mol. The van der Waals surface area contributed by atoms with Crippen molar-refractivity contribution in [2.45, 2.75) is 25.7 Å². The number of benzene rings is 1. The largest absolute Gasteiger partial charge is 0.508 e. The van der Waals surface area contributed by atoms with Gasteiger partial charge in [0, 0.05) is 6.54 Å². The highest BCUT2D eigenvalue weighted by Gasteiger charge is 2.44. The third kappa shape index (κ3) is 3.05. The third-order valence-corrected chi connectivity index (χ3v) is 3.66. The van der Waals surface area contributed by atoms with E-state index >= 15 is 0 Å². The van der Waals surface area contributed by atoms with Gasteiger partial charge in [-0.05, 0) is 30.5 Å². The van der Waals surface area contributed by atoms with Crippen LogP contribution in [-0.2, 0) is 16.0 Å². The van der Waals surface area contributed by atoms with E-state index in [1.165, 1.54) is 12.1 Å². The van der Waals surface area contributed by atoms with Crippen molar-refractivity contribution in [2.24, 2.45) is 5.41 Å². The number of amides is 1. The van der Waals surface area contributed by atoms with Crippen molar-refractivity contribution >= 4 is 11.9 Å². The normalized spacial score (nSPS) is 16.4. The van der Waals surface area contributed by atoms with Gasteiger partial charge in [0.2, 0.25) is 5.91 Å². The van der Waals surface area contributed by atoms with Gasteiger partial charge in [0.1, 0.15) is 5.75 Å². The second kappa shape index (κ2) is 5.30. The van der Waals surface area contributed by atoms with Crippen molar-refractivity contribution in [1.82, 2.24) is 5.32 Å². The van der Waals surface area contributed by atoms with Crippen LogP contribution in [0.3, 0.4) is 0 Å². The zero-order valence-corrected chi connectivity index (χ0v) is 10.6. The number of hydrogen-bond acceptors (Lipinski definition) is 3. The number of phenolic OH excluding ortho intramolecular Hbond substituents is 1. The highest BCUT2D eigenvalue weighted by Crippen LogP contribution is 2.40. The molecule has 19 heavy (non-hydrogen) atoms. The predicted molar refractivity (Wildman–Crippen MR) is 68.7 cm³/mol. The maximum Gasteiger partial charge on any atom is 0.311 e. The van der Waals surface area contributed by atoms with Crippen LogP contribution in [0.1, 0.15) is 24.8 Å². The summed E-state index contributed by atoms with van der Waals surface area (Å²) in [7, 11) is 0. The lowest BCUT2D eigenvalue weighted by Gasteiger charge is -2.37. The van der Waals surface area contributed by atoms with Crippen molar-refractivity contribution in [2.75, 3.05) is 6.54 Å². The molecule has 5 heteroatoms. The molecule has 0 unspecified atom stereocenters. The monoisotopic (exact) mass is 263 g/mol. The fraction of sp³-hybridized carbons (Fsp3) is 0.429. The van der Waals surface area contributed by atoms with Crippen LogP contribution in [-0.4, -0.2) is 28.6 Å². The summed E-state index contributed by atoms with van der Waals surface area (Å²) in [5.41, 5.74) is -0.0652. The molecule has 0 bridgehead atoms. The van der Waals surface area contributed by atoms with Gasteiger partial charge in [-0.15, -0.1) is 0 Å². The first kappa shape index (κ1) is 13.4. The Balaban J connectivity index is 1.87. The van der Waals surface area contributed by atoms with E-state index in [1.807, 2.05) is 0 Å². The molecule has 0 radical (unpaired) electrons. The minimum absolute atomic E-state index is 0.117. The molecule has 3 N–H and O–H groups in total. The van der Waals surface area contributed by atoms with Crippen LogP contribution in [0.15, 0.2) is 24.3 Å². The highest BCUT2D eigenvalue weighted by molar-refractivity contribution is 5.81. The molecule has 0 aromatic heterocycles. The molecule has 5 nitrogen and oxygen atoms in total. The molecule has 1 aliphatic carbocycles. The molecule has 0 saturated heterocycles. The van der Waals surface area contributed by atoms with Crippen molar-refractivity contribution in [1.29, 1.82) is 0 Å². The van der Waals surface area contributed by atoms with E-state index in [1.54, 1.807) is 12.1 Å². The molecule has 0 aliphatic heterocycles. The Kier molecular flexibility index (Phi) is 3.74. The van der Waals surface area contributed by atoms with Crippen LogP contribution < -0.4 is 5.32 Å². The first-order valence-corrected chi connectivity index (χ1v) is 6.30. The van der Waals surface area contributed by atoms with Gasteiger partial charge in [-0.1, -0.05) is 18.6 Å². The number of carbonyl (C=O) groups is 2. The quantitative estimate of drug-likeness (QED) is 0.747. The van der Waals surface area contributed by atoms with Gasteiger partial charge in [0.25, 0.3) is 0 Å². The van der Waals surface area contributed by atoms with Gasteiger partial charge in [0.15, 0.2) is 0 Å². The number of hydrogen-bond donors (Lipinski definition) is 3.